The van der Waals surface area contributed by atoms with Gasteiger partial charge in [0.05, 0.1) is 26.2 Å². The summed E-state index contributed by atoms with van der Waals surface area (Å²) in [4.78, 5) is 132. The van der Waals surface area contributed by atoms with Crippen molar-refractivity contribution in [1.82, 2.24) is 42.1 Å². The molecule has 18 N–H and O–H groups in total. The summed E-state index contributed by atoms with van der Waals surface area (Å²) in [6.45, 7) is 3.14. The van der Waals surface area contributed by atoms with Crippen molar-refractivity contribution in [3.8, 4) is 0 Å². The van der Waals surface area contributed by atoms with Gasteiger partial charge in [0, 0.05) is 13.1 Å². The predicted molar refractivity (Wildman–Crippen MR) is 218 cm³/mol. The maximum Gasteiger partial charge on any atom is 0.326 e. The van der Waals surface area contributed by atoms with Gasteiger partial charge < -0.3 is 84.9 Å². The number of hydrogen-bond acceptors (Lipinski definition) is 15. The van der Waals surface area contributed by atoms with Crippen molar-refractivity contribution in [2.24, 2.45) is 28.1 Å². The van der Waals surface area contributed by atoms with Gasteiger partial charge in [0.25, 0.3) is 0 Å². The first-order valence-electron chi connectivity index (χ1n) is 20.0. The van der Waals surface area contributed by atoms with E-state index in [4.69, 9.17) is 22.3 Å². The molecule has 1 heterocycles. The molecule has 0 radical (unpaired) electrons. The molecule has 10 unspecified atom stereocenters. The lowest BCUT2D eigenvalue weighted by Gasteiger charge is -2.30. The number of carboxylic acid groups (broad SMARTS) is 2. The van der Waals surface area contributed by atoms with Crippen LogP contribution in [0.1, 0.15) is 66.2 Å². The smallest absolute Gasteiger partial charge is 0.326 e. The summed E-state index contributed by atoms with van der Waals surface area (Å²) in [6.07, 6.45) is -0.401. The van der Waals surface area contributed by atoms with Crippen molar-refractivity contribution in [2.45, 2.75) is 121 Å². The Morgan fingerprint density at radius 3 is 1.75 bits per heavy atom. The highest BCUT2D eigenvalue weighted by Gasteiger charge is 2.40. The van der Waals surface area contributed by atoms with E-state index in [9.17, 15) is 68.4 Å². The standard InChI is InChI=1S/C36H62N12O15/c1-5-16(2)26(47-28(55)18(4)41-29(56)19(37)13-49)33(60)42-17(3)27(54)45-22(14-50)31(58)46-23(15-51)34(61)48-11-7-9-24(48)32(59)44-21(12-25(52)53)30(57)43-20(35(62)63)8-6-10-40-36(38)39/h16-24,26,49-51H,5-15,37H2,1-4H3,(H,41,56)(H,42,60)(H,43,57)(H,44,59)(H,45,54)(H,46,58)(H,47,55)(H,52,53)(H,62,63)(H4,38,39,40). The van der Waals surface area contributed by atoms with Crippen LogP contribution in [0.5, 0.6) is 0 Å². The summed E-state index contributed by atoms with van der Waals surface area (Å²) in [5.74, 6) is -11.4. The van der Waals surface area contributed by atoms with Gasteiger partial charge in [-0.15, -0.1) is 0 Å². The average molecular weight is 903 g/mol. The molecule has 0 spiro atoms. The molecular formula is C36H62N12O15. The van der Waals surface area contributed by atoms with Crippen LogP contribution in [0, 0.1) is 5.92 Å². The number of aliphatic imine (C=N–C) groups is 1. The summed E-state index contributed by atoms with van der Waals surface area (Å²) in [5.41, 5.74) is 15.9. The molecule has 1 aliphatic heterocycles. The van der Waals surface area contributed by atoms with Crippen LogP contribution in [0.4, 0.5) is 0 Å². The molecule has 27 nitrogen and oxygen atoms in total. The van der Waals surface area contributed by atoms with E-state index in [-0.39, 0.29) is 44.7 Å². The Hall–Kier alpha value is -6.19. The summed E-state index contributed by atoms with van der Waals surface area (Å²) in [7, 11) is 0. The molecule has 63 heavy (non-hydrogen) atoms. The van der Waals surface area contributed by atoms with Crippen molar-refractivity contribution in [3.63, 3.8) is 0 Å². The lowest BCUT2D eigenvalue weighted by Crippen LogP contribution is -2.61. The number of nitrogens with zero attached hydrogens (tertiary/aromatic N) is 2. The molecule has 0 aromatic carbocycles. The first kappa shape index (κ1) is 54.8. The second-order valence-corrected chi connectivity index (χ2v) is 14.8. The van der Waals surface area contributed by atoms with Crippen LogP contribution < -0.4 is 54.4 Å². The monoisotopic (exact) mass is 902 g/mol. The summed E-state index contributed by atoms with van der Waals surface area (Å²) in [6, 6.07) is -13.2. The number of carboxylic acids is 2. The van der Waals surface area contributed by atoms with E-state index in [0.717, 1.165) is 4.90 Å². The number of likely N-dealkylation sites (tertiary alicyclic amines) is 1. The van der Waals surface area contributed by atoms with E-state index in [1.54, 1.807) is 13.8 Å². The van der Waals surface area contributed by atoms with Crippen molar-refractivity contribution in [3.05, 3.63) is 0 Å². The van der Waals surface area contributed by atoms with E-state index in [0.29, 0.717) is 6.42 Å². The van der Waals surface area contributed by atoms with Gasteiger partial charge in [-0.1, -0.05) is 20.3 Å². The minimum absolute atomic E-state index is 0.00302. The molecule has 356 valence electrons. The second-order valence-electron chi connectivity index (χ2n) is 14.8. The van der Waals surface area contributed by atoms with E-state index in [1.807, 2.05) is 0 Å². The minimum atomic E-state index is -1.79. The Bertz CT molecular complexity index is 1680. The largest absolute Gasteiger partial charge is 0.481 e. The third-order valence-corrected chi connectivity index (χ3v) is 9.85. The molecular weight excluding hydrogens is 840 g/mol. The molecule has 1 rings (SSSR count). The SMILES string of the molecule is CCC(C)C(NC(=O)C(C)NC(=O)C(N)CO)C(=O)NC(C)C(=O)NC(CO)C(=O)NC(CO)C(=O)N1CCCC1C(=O)NC(CC(=O)O)C(=O)NC(CCCN=C(N)N)C(=O)O. The molecule has 1 aliphatic rings. The number of carbonyl (C=O) groups excluding carboxylic acids is 8. The van der Waals surface area contributed by atoms with Crippen LogP contribution in [0.2, 0.25) is 0 Å². The highest BCUT2D eigenvalue weighted by atomic mass is 16.4. The number of amides is 8. The third-order valence-electron chi connectivity index (χ3n) is 9.85. The number of nitrogens with one attached hydrogen (secondary N) is 7. The summed E-state index contributed by atoms with van der Waals surface area (Å²) < 4.78 is 0. The summed E-state index contributed by atoms with van der Waals surface area (Å²) >= 11 is 0. The molecule has 10 atom stereocenters. The maximum atomic E-state index is 13.6. The van der Waals surface area contributed by atoms with E-state index in [1.165, 1.54) is 13.8 Å². The number of guanidine groups is 1. The highest BCUT2D eigenvalue weighted by molar-refractivity contribution is 5.98. The van der Waals surface area contributed by atoms with Gasteiger partial charge >= 0.3 is 11.9 Å². The Kier molecular flexibility index (Phi) is 23.5. The van der Waals surface area contributed by atoms with E-state index < -0.39 is 146 Å². The highest BCUT2D eigenvalue weighted by Crippen LogP contribution is 2.19. The molecule has 0 saturated carbocycles. The van der Waals surface area contributed by atoms with E-state index in [2.05, 4.69) is 42.2 Å². The lowest BCUT2D eigenvalue weighted by molar-refractivity contribution is -0.145. The molecule has 0 aromatic rings. The minimum Gasteiger partial charge on any atom is -0.481 e. The van der Waals surface area contributed by atoms with Crippen LogP contribution >= 0.6 is 0 Å². The Labute approximate surface area is 362 Å². The fourth-order valence-electron chi connectivity index (χ4n) is 5.95. The molecule has 27 heteroatoms. The van der Waals surface area contributed by atoms with Crippen molar-refractivity contribution in [1.29, 1.82) is 0 Å². The van der Waals surface area contributed by atoms with Crippen molar-refractivity contribution in [2.75, 3.05) is 32.9 Å². The topological polar surface area (TPSA) is 450 Å². The molecule has 0 aromatic heterocycles. The Balaban J connectivity index is 3.01. The van der Waals surface area contributed by atoms with Crippen LogP contribution in [0.3, 0.4) is 0 Å². The number of aliphatic hydroxyl groups is 3. The van der Waals surface area contributed by atoms with Gasteiger partial charge in [-0.05, 0) is 45.4 Å². The van der Waals surface area contributed by atoms with E-state index >= 15 is 0 Å². The van der Waals surface area contributed by atoms with Gasteiger partial charge in [0.1, 0.15) is 54.4 Å². The molecule has 1 saturated heterocycles. The zero-order valence-corrected chi connectivity index (χ0v) is 35.5. The zero-order chi connectivity index (χ0) is 48.1. The third kappa shape index (κ3) is 18.0. The van der Waals surface area contributed by atoms with Crippen molar-refractivity contribution < 1.29 is 73.5 Å². The Morgan fingerprint density at radius 2 is 1.22 bits per heavy atom. The summed E-state index contributed by atoms with van der Waals surface area (Å²) in [5, 5.41) is 64.1. The van der Waals surface area contributed by atoms with Gasteiger partial charge in [0.15, 0.2) is 5.96 Å². The van der Waals surface area contributed by atoms with Gasteiger partial charge in [-0.2, -0.15) is 0 Å². The Morgan fingerprint density at radius 1 is 0.683 bits per heavy atom. The van der Waals surface area contributed by atoms with Crippen molar-refractivity contribution >= 4 is 65.2 Å². The number of aliphatic carboxylic acids is 2. The van der Waals surface area contributed by atoms with Crippen LogP contribution in [0.15, 0.2) is 4.99 Å². The number of nitrogens with two attached hydrogens (primary N) is 3. The first-order valence-corrected chi connectivity index (χ1v) is 20.0. The number of hydrogen-bond donors (Lipinski definition) is 15. The fourth-order valence-corrected chi connectivity index (χ4v) is 5.95. The normalized spacial score (nSPS) is 17.7. The fraction of sp³-hybridized carbons (Fsp3) is 0.694. The molecule has 1 fully saturated rings. The van der Waals surface area contributed by atoms with Crippen LogP contribution in [-0.2, 0) is 47.9 Å². The molecule has 0 bridgehead atoms. The first-order chi connectivity index (χ1) is 29.5. The van der Waals surface area contributed by atoms with Gasteiger partial charge in [-0.3, -0.25) is 48.1 Å². The second kappa shape index (κ2) is 27.0. The molecule has 0 aliphatic carbocycles. The molecule has 8 amide bonds. The predicted octanol–water partition coefficient (Wildman–Crippen LogP) is -7.63. The van der Waals surface area contributed by atoms with Gasteiger partial charge in [-0.25, -0.2) is 4.79 Å². The van der Waals surface area contributed by atoms with Gasteiger partial charge in [0.2, 0.25) is 47.3 Å². The lowest BCUT2D eigenvalue weighted by atomic mass is 9.97. The maximum absolute atomic E-state index is 13.6. The zero-order valence-electron chi connectivity index (χ0n) is 35.5. The van der Waals surface area contributed by atoms with Crippen LogP contribution in [0.25, 0.3) is 0 Å². The number of aliphatic hydroxyl groups excluding tert-OH is 3. The van der Waals surface area contributed by atoms with Crippen LogP contribution in [-0.4, -0.2) is 183 Å². The number of rotatable bonds is 27. The quantitative estimate of drug-likeness (QED) is 0.0207. The number of carbonyl (C=O) groups is 10. The average Bonchev–Trinajstić information content (AvgIpc) is 3.73.